The van der Waals surface area contributed by atoms with Crippen molar-refractivity contribution >= 4 is 5.91 Å². The topological polar surface area (TPSA) is 38.3 Å². The summed E-state index contributed by atoms with van der Waals surface area (Å²) in [4.78, 5) is 11.8. The minimum Gasteiger partial charge on any atom is -0.496 e. The van der Waals surface area contributed by atoms with Crippen LogP contribution >= 0.6 is 0 Å². The number of benzene rings is 2. The van der Waals surface area contributed by atoms with Gasteiger partial charge in [-0.25, -0.2) is 0 Å². The van der Waals surface area contributed by atoms with E-state index in [9.17, 15) is 4.79 Å². The van der Waals surface area contributed by atoms with E-state index in [0.29, 0.717) is 12.1 Å². The molecule has 3 heteroatoms. The molecule has 110 valence electrons. The van der Waals surface area contributed by atoms with Gasteiger partial charge in [0.05, 0.1) is 7.11 Å². The molecule has 0 aliphatic heterocycles. The van der Waals surface area contributed by atoms with E-state index in [-0.39, 0.29) is 5.91 Å². The minimum absolute atomic E-state index is 0.00658. The first-order valence-electron chi connectivity index (χ1n) is 7.26. The fourth-order valence-corrected chi connectivity index (χ4v) is 2.24. The summed E-state index contributed by atoms with van der Waals surface area (Å²) in [5, 5.41) is 2.94. The summed E-state index contributed by atoms with van der Waals surface area (Å²) in [5.41, 5.74) is 1.93. The van der Waals surface area contributed by atoms with Gasteiger partial charge in [0.2, 0.25) is 0 Å². The third kappa shape index (κ3) is 4.63. The highest BCUT2D eigenvalue weighted by molar-refractivity contribution is 5.94. The second kappa shape index (κ2) is 8.10. The van der Waals surface area contributed by atoms with Gasteiger partial charge in [-0.1, -0.05) is 36.4 Å². The molecule has 2 aromatic rings. The number of rotatable bonds is 7. The van der Waals surface area contributed by atoms with Gasteiger partial charge < -0.3 is 10.1 Å². The molecule has 0 atom stereocenters. The Morgan fingerprint density at radius 1 is 1.00 bits per heavy atom. The van der Waals surface area contributed by atoms with E-state index in [1.165, 1.54) is 5.56 Å². The Morgan fingerprint density at radius 2 is 1.71 bits per heavy atom. The summed E-state index contributed by atoms with van der Waals surface area (Å²) in [7, 11) is 1.69. The molecule has 0 aliphatic rings. The summed E-state index contributed by atoms with van der Waals surface area (Å²) in [6.07, 6.45) is 2.94. The maximum atomic E-state index is 11.8. The van der Waals surface area contributed by atoms with Crippen molar-refractivity contribution in [1.29, 1.82) is 0 Å². The number of hydrogen-bond acceptors (Lipinski definition) is 2. The van der Waals surface area contributed by atoms with Gasteiger partial charge in [-0.2, -0.15) is 0 Å². The quantitative estimate of drug-likeness (QED) is 0.790. The van der Waals surface area contributed by atoms with E-state index in [0.717, 1.165) is 25.0 Å². The zero-order chi connectivity index (χ0) is 14.9. The smallest absolute Gasteiger partial charge is 0.251 e. The Bertz CT molecular complexity index is 566. The molecule has 0 fully saturated rings. The molecular weight excluding hydrogens is 262 g/mol. The molecule has 21 heavy (non-hydrogen) atoms. The Hall–Kier alpha value is -2.29. The number of methoxy groups -OCH3 is 1. The summed E-state index contributed by atoms with van der Waals surface area (Å²) >= 11 is 0. The first-order chi connectivity index (χ1) is 10.3. The number of carbonyl (C=O) groups excluding carboxylic acids is 1. The predicted molar refractivity (Wildman–Crippen MR) is 84.7 cm³/mol. The zero-order valence-corrected chi connectivity index (χ0v) is 12.3. The lowest BCUT2D eigenvalue weighted by molar-refractivity contribution is 0.0953. The van der Waals surface area contributed by atoms with Crippen LogP contribution in [0.5, 0.6) is 5.75 Å². The standard InChI is InChI=1S/C18H21NO2/c1-21-17-13-6-5-9-15(17)10-7-8-14-19-18(20)16-11-3-2-4-12-16/h2-6,9,11-13H,7-8,10,14H2,1H3,(H,19,20). The number of nitrogens with one attached hydrogen (secondary N) is 1. The molecule has 0 spiro atoms. The van der Waals surface area contributed by atoms with Gasteiger partial charge in [-0.15, -0.1) is 0 Å². The highest BCUT2D eigenvalue weighted by atomic mass is 16.5. The number of para-hydroxylation sites is 1. The summed E-state index contributed by atoms with van der Waals surface area (Å²) in [6.45, 7) is 0.697. The Morgan fingerprint density at radius 3 is 2.48 bits per heavy atom. The van der Waals surface area contributed by atoms with Crippen molar-refractivity contribution in [2.75, 3.05) is 13.7 Å². The molecule has 0 saturated heterocycles. The maximum absolute atomic E-state index is 11.8. The van der Waals surface area contributed by atoms with E-state index in [2.05, 4.69) is 11.4 Å². The molecule has 0 bridgehead atoms. The zero-order valence-electron chi connectivity index (χ0n) is 12.3. The number of hydrogen-bond donors (Lipinski definition) is 1. The second-order valence-corrected chi connectivity index (χ2v) is 4.89. The van der Waals surface area contributed by atoms with Crippen LogP contribution in [0.25, 0.3) is 0 Å². The molecule has 0 aliphatic carbocycles. The van der Waals surface area contributed by atoms with Crippen LogP contribution in [0.2, 0.25) is 0 Å². The van der Waals surface area contributed by atoms with Crippen molar-refractivity contribution < 1.29 is 9.53 Å². The van der Waals surface area contributed by atoms with Crippen LogP contribution in [0.4, 0.5) is 0 Å². The fraction of sp³-hybridized carbons (Fsp3) is 0.278. The highest BCUT2D eigenvalue weighted by Gasteiger charge is 2.04. The van der Waals surface area contributed by atoms with Crippen LogP contribution in [0.3, 0.4) is 0 Å². The molecule has 3 nitrogen and oxygen atoms in total. The van der Waals surface area contributed by atoms with Gasteiger partial charge in [0.15, 0.2) is 0 Å². The number of unbranched alkanes of at least 4 members (excludes halogenated alkanes) is 1. The van der Waals surface area contributed by atoms with E-state index in [1.807, 2.05) is 48.5 Å². The Labute approximate surface area is 126 Å². The van der Waals surface area contributed by atoms with Crippen molar-refractivity contribution in [1.82, 2.24) is 5.32 Å². The van der Waals surface area contributed by atoms with Crippen LogP contribution < -0.4 is 10.1 Å². The first-order valence-corrected chi connectivity index (χ1v) is 7.26. The largest absolute Gasteiger partial charge is 0.496 e. The van der Waals surface area contributed by atoms with Crippen molar-refractivity contribution in [3.8, 4) is 5.75 Å². The minimum atomic E-state index is -0.00658. The maximum Gasteiger partial charge on any atom is 0.251 e. The lowest BCUT2D eigenvalue weighted by atomic mass is 10.1. The highest BCUT2D eigenvalue weighted by Crippen LogP contribution is 2.19. The van der Waals surface area contributed by atoms with Crippen molar-refractivity contribution in [3.63, 3.8) is 0 Å². The van der Waals surface area contributed by atoms with Gasteiger partial charge >= 0.3 is 0 Å². The van der Waals surface area contributed by atoms with Crippen LogP contribution in [0, 0.1) is 0 Å². The lowest BCUT2D eigenvalue weighted by Crippen LogP contribution is -2.24. The SMILES string of the molecule is COc1ccccc1CCCCNC(=O)c1ccccc1. The Balaban J connectivity index is 1.70. The second-order valence-electron chi connectivity index (χ2n) is 4.89. The molecule has 1 amide bonds. The normalized spacial score (nSPS) is 10.1. The van der Waals surface area contributed by atoms with Crippen LogP contribution in [0.15, 0.2) is 54.6 Å². The number of aryl methyl sites for hydroxylation is 1. The van der Waals surface area contributed by atoms with E-state index in [1.54, 1.807) is 7.11 Å². The van der Waals surface area contributed by atoms with E-state index < -0.39 is 0 Å². The summed E-state index contributed by atoms with van der Waals surface area (Å²) in [6, 6.07) is 17.4. The van der Waals surface area contributed by atoms with Crippen molar-refractivity contribution in [3.05, 3.63) is 65.7 Å². The third-order valence-electron chi connectivity index (χ3n) is 3.39. The monoisotopic (exact) mass is 283 g/mol. The number of carbonyl (C=O) groups is 1. The van der Waals surface area contributed by atoms with Crippen LogP contribution in [-0.4, -0.2) is 19.6 Å². The van der Waals surface area contributed by atoms with E-state index >= 15 is 0 Å². The molecule has 0 aromatic heterocycles. The third-order valence-corrected chi connectivity index (χ3v) is 3.39. The molecule has 1 N–H and O–H groups in total. The van der Waals surface area contributed by atoms with Crippen molar-refractivity contribution in [2.24, 2.45) is 0 Å². The number of amides is 1. The van der Waals surface area contributed by atoms with Crippen LogP contribution in [-0.2, 0) is 6.42 Å². The Kier molecular flexibility index (Phi) is 5.83. The van der Waals surface area contributed by atoms with Gasteiger partial charge in [-0.3, -0.25) is 4.79 Å². The molecule has 0 radical (unpaired) electrons. The fourth-order valence-electron chi connectivity index (χ4n) is 2.24. The molecule has 2 aromatic carbocycles. The average molecular weight is 283 g/mol. The molecule has 0 heterocycles. The predicted octanol–water partition coefficient (Wildman–Crippen LogP) is 3.45. The molecule has 2 rings (SSSR count). The summed E-state index contributed by atoms with van der Waals surface area (Å²) in [5.74, 6) is 0.929. The van der Waals surface area contributed by atoms with E-state index in [4.69, 9.17) is 4.74 Å². The average Bonchev–Trinajstić information content (AvgIpc) is 2.55. The van der Waals surface area contributed by atoms with Gasteiger partial charge in [-0.05, 0) is 43.0 Å². The van der Waals surface area contributed by atoms with Crippen molar-refractivity contribution in [2.45, 2.75) is 19.3 Å². The first kappa shape index (κ1) is 15.1. The lowest BCUT2D eigenvalue weighted by Gasteiger charge is -2.08. The van der Waals surface area contributed by atoms with Crippen LogP contribution in [0.1, 0.15) is 28.8 Å². The number of ether oxygens (including phenoxy) is 1. The molecule has 0 saturated carbocycles. The molecule has 0 unspecified atom stereocenters. The summed E-state index contributed by atoms with van der Waals surface area (Å²) < 4.78 is 5.33. The van der Waals surface area contributed by atoms with Gasteiger partial charge in [0.25, 0.3) is 5.91 Å². The van der Waals surface area contributed by atoms with Gasteiger partial charge in [0.1, 0.15) is 5.75 Å². The van der Waals surface area contributed by atoms with Gasteiger partial charge in [0, 0.05) is 12.1 Å². The molecular formula is C18H21NO2.